The maximum absolute atomic E-state index is 13.0. The van der Waals surface area contributed by atoms with Crippen molar-refractivity contribution in [3.63, 3.8) is 0 Å². The van der Waals surface area contributed by atoms with E-state index in [0.717, 1.165) is 23.9 Å². The van der Waals surface area contributed by atoms with Gasteiger partial charge >= 0.3 is 0 Å². The molecule has 0 amide bonds. The number of aliphatic hydroxyl groups excluding tert-OH is 1. The summed E-state index contributed by atoms with van der Waals surface area (Å²) in [4.78, 5) is 22.1. The average Bonchev–Trinajstić information content (AvgIpc) is 3.60. The molecule has 0 aliphatic heterocycles. The molecule has 0 aromatic carbocycles. The van der Waals surface area contributed by atoms with Crippen molar-refractivity contribution in [2.45, 2.75) is 25.3 Å². The first-order chi connectivity index (χ1) is 17.6. The van der Waals surface area contributed by atoms with Crippen LogP contribution >= 0.6 is 0 Å². The first kappa shape index (κ1) is 22.1. The van der Waals surface area contributed by atoms with Crippen molar-refractivity contribution < 1.29 is 14.6 Å². The third-order valence-electron chi connectivity index (χ3n) is 6.38. The van der Waals surface area contributed by atoms with Crippen LogP contribution in [0.3, 0.4) is 0 Å². The molecule has 6 rings (SSSR count). The Hall–Kier alpha value is -4.38. The number of methoxy groups -OCH3 is 1. The molecule has 11 nitrogen and oxygen atoms in total. The highest BCUT2D eigenvalue weighted by Crippen LogP contribution is 2.41. The molecular weight excluding hydrogens is 462 g/mol. The lowest BCUT2D eigenvalue weighted by atomic mass is 10.2. The Kier molecular flexibility index (Phi) is 5.33. The molecule has 11 heteroatoms. The van der Waals surface area contributed by atoms with E-state index in [0.29, 0.717) is 46.0 Å². The first-order valence-electron chi connectivity index (χ1n) is 11.7. The summed E-state index contributed by atoms with van der Waals surface area (Å²) < 4.78 is 16.9. The van der Waals surface area contributed by atoms with E-state index in [-0.39, 0.29) is 18.7 Å². The van der Waals surface area contributed by atoms with Crippen molar-refractivity contribution in [3.05, 3.63) is 65.0 Å². The number of hydrogen-bond donors (Lipinski definition) is 2. The third-order valence-corrected chi connectivity index (χ3v) is 6.38. The maximum Gasteiger partial charge on any atom is 0.274 e. The average molecular weight is 488 g/mol. The van der Waals surface area contributed by atoms with Crippen molar-refractivity contribution in [2.24, 2.45) is 7.05 Å². The Labute approximate surface area is 205 Å². The minimum absolute atomic E-state index is 0.115. The Morgan fingerprint density at radius 2 is 2.08 bits per heavy atom. The molecule has 1 aliphatic rings. The van der Waals surface area contributed by atoms with Crippen LogP contribution in [0, 0.1) is 0 Å². The largest absolute Gasteiger partial charge is 0.491 e. The highest BCUT2D eigenvalue weighted by molar-refractivity contribution is 5.85. The first-order valence-corrected chi connectivity index (χ1v) is 11.7. The number of imidazole rings is 1. The van der Waals surface area contributed by atoms with E-state index in [1.165, 1.54) is 0 Å². The Morgan fingerprint density at radius 1 is 1.22 bits per heavy atom. The van der Waals surface area contributed by atoms with E-state index < -0.39 is 0 Å². The number of hydrogen-bond acceptors (Lipinski definition) is 8. The second-order valence-electron chi connectivity index (χ2n) is 8.77. The quantitative estimate of drug-likeness (QED) is 0.342. The van der Waals surface area contributed by atoms with Gasteiger partial charge in [0.2, 0.25) is 5.95 Å². The molecule has 0 saturated heterocycles. The third kappa shape index (κ3) is 3.73. The number of aryl methyl sites for hydroxylation is 1. The van der Waals surface area contributed by atoms with Gasteiger partial charge in [-0.3, -0.25) is 4.79 Å². The van der Waals surface area contributed by atoms with Gasteiger partial charge < -0.3 is 29.0 Å². The summed E-state index contributed by atoms with van der Waals surface area (Å²) in [5, 5.41) is 16.9. The molecule has 0 spiro atoms. The van der Waals surface area contributed by atoms with Gasteiger partial charge in [-0.25, -0.2) is 9.50 Å². The fourth-order valence-corrected chi connectivity index (χ4v) is 4.40. The number of anilines is 2. The number of rotatable bonds is 8. The molecule has 36 heavy (non-hydrogen) atoms. The molecule has 2 N–H and O–H groups in total. The van der Waals surface area contributed by atoms with Crippen LogP contribution in [0.2, 0.25) is 0 Å². The molecule has 5 heterocycles. The van der Waals surface area contributed by atoms with Gasteiger partial charge in [0.15, 0.2) is 22.9 Å². The van der Waals surface area contributed by atoms with E-state index >= 15 is 0 Å². The minimum Gasteiger partial charge on any atom is -0.491 e. The second kappa shape index (κ2) is 8.68. The summed E-state index contributed by atoms with van der Waals surface area (Å²) in [7, 11) is 3.38. The topological polar surface area (TPSA) is 121 Å². The minimum atomic E-state index is -0.225. The van der Waals surface area contributed by atoms with Crippen LogP contribution in [0.15, 0.2) is 53.8 Å². The molecule has 0 atom stereocenters. The monoisotopic (exact) mass is 487 g/mol. The highest BCUT2D eigenvalue weighted by atomic mass is 16.5. The molecule has 0 unspecified atom stereocenters. The van der Waals surface area contributed by atoms with Crippen molar-refractivity contribution in [1.29, 1.82) is 0 Å². The summed E-state index contributed by atoms with van der Waals surface area (Å²) in [6.45, 7) is 0.118. The Balaban J connectivity index is 1.40. The zero-order valence-electron chi connectivity index (χ0n) is 19.9. The number of aromatic nitrogens is 6. The number of aliphatic hydroxyl groups is 1. The lowest BCUT2D eigenvalue weighted by Crippen LogP contribution is -2.24. The summed E-state index contributed by atoms with van der Waals surface area (Å²) >= 11 is 0. The maximum atomic E-state index is 13.0. The molecule has 1 fully saturated rings. The van der Waals surface area contributed by atoms with E-state index in [1.54, 1.807) is 33.2 Å². The smallest absolute Gasteiger partial charge is 0.274 e. The van der Waals surface area contributed by atoms with Crippen LogP contribution in [0.1, 0.15) is 24.3 Å². The second-order valence-corrected chi connectivity index (χ2v) is 8.77. The Bertz CT molecular complexity index is 1650. The van der Waals surface area contributed by atoms with Gasteiger partial charge in [-0.1, -0.05) is 6.07 Å². The zero-order chi connectivity index (χ0) is 24.8. The molecule has 5 aromatic rings. The van der Waals surface area contributed by atoms with Crippen LogP contribution in [-0.4, -0.2) is 47.5 Å². The van der Waals surface area contributed by atoms with Crippen LogP contribution < -0.4 is 20.3 Å². The van der Waals surface area contributed by atoms with Gasteiger partial charge in [0.25, 0.3) is 5.56 Å². The van der Waals surface area contributed by atoms with Crippen LogP contribution in [-0.2, 0) is 13.6 Å². The fraction of sp³-hybridized carbons (Fsp3) is 0.280. The fourth-order valence-electron chi connectivity index (χ4n) is 4.40. The number of ether oxygens (including phenoxy) is 2. The summed E-state index contributed by atoms with van der Waals surface area (Å²) in [5.74, 6) is 2.32. The van der Waals surface area contributed by atoms with Crippen molar-refractivity contribution in [1.82, 2.24) is 28.7 Å². The van der Waals surface area contributed by atoms with E-state index in [4.69, 9.17) is 9.47 Å². The zero-order valence-corrected chi connectivity index (χ0v) is 19.9. The summed E-state index contributed by atoms with van der Waals surface area (Å²) in [6, 6.07) is 7.58. The van der Waals surface area contributed by atoms with E-state index in [9.17, 15) is 9.90 Å². The van der Waals surface area contributed by atoms with Crippen LogP contribution in [0.5, 0.6) is 17.2 Å². The van der Waals surface area contributed by atoms with E-state index in [2.05, 4.69) is 20.4 Å². The Morgan fingerprint density at radius 3 is 2.86 bits per heavy atom. The predicted molar refractivity (Wildman–Crippen MR) is 133 cm³/mol. The lowest BCUT2D eigenvalue weighted by molar-refractivity contribution is 0.274. The van der Waals surface area contributed by atoms with Crippen molar-refractivity contribution in [3.8, 4) is 17.2 Å². The molecule has 1 aliphatic carbocycles. The van der Waals surface area contributed by atoms with Crippen LogP contribution in [0.25, 0.3) is 16.7 Å². The van der Waals surface area contributed by atoms with Gasteiger partial charge in [-0.2, -0.15) is 10.1 Å². The summed E-state index contributed by atoms with van der Waals surface area (Å²) in [5.41, 5.74) is 3.11. The molecule has 184 valence electrons. The van der Waals surface area contributed by atoms with Gasteiger partial charge in [-0.15, -0.1) is 0 Å². The summed E-state index contributed by atoms with van der Waals surface area (Å²) in [6.07, 6.45) is 9.07. The number of fused-ring (bicyclic) bond motifs is 2. The van der Waals surface area contributed by atoms with Gasteiger partial charge in [-0.05, 0) is 42.5 Å². The number of nitrogens with one attached hydrogen (secondary N) is 1. The molecule has 0 radical (unpaired) electrons. The number of pyridine rings is 3. The number of nitrogens with zero attached hydrogens (tertiary/aromatic N) is 6. The molecule has 0 bridgehead atoms. The van der Waals surface area contributed by atoms with Crippen molar-refractivity contribution >= 4 is 28.3 Å². The standard InChI is InChI=1S/C25H25N7O4/c1-30-21-22(35-2)20(36-19-13-27-32-8-4-3-5-18(19)32)12-26-23(21)29-25(30)28-17-11-16(15-6-7-15)14-31(9-10-33)24(17)34/h3-5,8,11-15,33H,6-7,9-10H2,1-2H3,(H,26,28,29). The van der Waals surface area contributed by atoms with Gasteiger partial charge in [0.05, 0.1) is 26.1 Å². The van der Waals surface area contributed by atoms with Gasteiger partial charge in [0, 0.05) is 26.0 Å². The SMILES string of the molecule is COc1c(Oc2cnn3ccccc23)cnc2nc(Nc3cc(C4CC4)cn(CCO)c3=O)n(C)c12. The van der Waals surface area contributed by atoms with Gasteiger partial charge in [0.1, 0.15) is 16.7 Å². The molecular formula is C25H25N7O4. The molecule has 5 aromatic heterocycles. The van der Waals surface area contributed by atoms with E-state index in [1.807, 2.05) is 43.7 Å². The predicted octanol–water partition coefficient (Wildman–Crippen LogP) is 3.19. The lowest BCUT2D eigenvalue weighted by Gasteiger charge is -2.13. The highest BCUT2D eigenvalue weighted by Gasteiger charge is 2.26. The normalized spacial score (nSPS) is 13.4. The van der Waals surface area contributed by atoms with Crippen molar-refractivity contribution in [2.75, 3.05) is 19.0 Å². The molecule has 1 saturated carbocycles. The van der Waals surface area contributed by atoms with Crippen LogP contribution in [0.4, 0.5) is 11.6 Å².